The first-order valence-electron chi connectivity index (χ1n) is 7.11. The Kier molecular flexibility index (Phi) is 4.56. The van der Waals surface area contributed by atoms with Crippen molar-refractivity contribution in [1.29, 1.82) is 0 Å². The van der Waals surface area contributed by atoms with Crippen molar-refractivity contribution in [3.63, 3.8) is 0 Å². The molecule has 0 aromatic heterocycles. The molecule has 2 aromatic rings. The number of aromatic hydroxyl groups is 1. The van der Waals surface area contributed by atoms with Crippen LogP contribution < -0.4 is 16.3 Å². The summed E-state index contributed by atoms with van der Waals surface area (Å²) >= 11 is 1.73. The van der Waals surface area contributed by atoms with Crippen LogP contribution in [0.2, 0.25) is 0 Å². The summed E-state index contributed by atoms with van der Waals surface area (Å²) in [6.45, 7) is 0.664. The maximum Gasteiger partial charge on any atom is 0.139 e. The minimum atomic E-state index is 0.262. The van der Waals surface area contributed by atoms with Crippen LogP contribution in [0.5, 0.6) is 5.75 Å². The second kappa shape index (κ2) is 6.77. The van der Waals surface area contributed by atoms with E-state index in [1.165, 1.54) is 0 Å². The third kappa shape index (κ3) is 3.21. The second-order valence-corrected chi connectivity index (χ2v) is 6.00. The molecule has 0 saturated carbocycles. The quantitative estimate of drug-likeness (QED) is 0.824. The van der Waals surface area contributed by atoms with Crippen molar-refractivity contribution < 1.29 is 5.11 Å². The van der Waals surface area contributed by atoms with E-state index in [9.17, 15) is 5.11 Å². The van der Waals surface area contributed by atoms with E-state index in [2.05, 4.69) is 9.98 Å². The molecule has 5 heteroatoms. The summed E-state index contributed by atoms with van der Waals surface area (Å²) in [6.07, 6.45) is 1.93. The number of hydrogen-bond donors (Lipinski definition) is 2. The van der Waals surface area contributed by atoms with Crippen LogP contribution in [0.15, 0.2) is 52.4 Å². The molecule has 0 amide bonds. The molecule has 0 spiro atoms. The van der Waals surface area contributed by atoms with E-state index >= 15 is 0 Å². The van der Waals surface area contributed by atoms with Crippen LogP contribution in [-0.4, -0.2) is 29.0 Å². The molecule has 1 aliphatic heterocycles. The average molecular weight is 311 g/mol. The monoisotopic (exact) mass is 311 g/mol. The summed E-state index contributed by atoms with van der Waals surface area (Å²) < 4.78 is 0. The van der Waals surface area contributed by atoms with Crippen LogP contribution in [0, 0.1) is 0 Å². The summed E-state index contributed by atoms with van der Waals surface area (Å²) in [7, 11) is 0. The lowest BCUT2D eigenvalue weighted by molar-refractivity contribution is 0.474. The van der Waals surface area contributed by atoms with E-state index in [0.29, 0.717) is 6.54 Å². The third-order valence-electron chi connectivity index (χ3n) is 3.28. The Morgan fingerprint density at radius 1 is 1.09 bits per heavy atom. The van der Waals surface area contributed by atoms with E-state index < -0.39 is 0 Å². The van der Waals surface area contributed by atoms with Gasteiger partial charge in [0, 0.05) is 23.1 Å². The van der Waals surface area contributed by atoms with Crippen molar-refractivity contribution >= 4 is 29.4 Å². The van der Waals surface area contributed by atoms with Crippen LogP contribution in [0.1, 0.15) is 5.56 Å². The molecular formula is C17H17N3OS. The molecule has 0 bridgehead atoms. The maximum atomic E-state index is 9.91. The van der Waals surface area contributed by atoms with Gasteiger partial charge in [-0.15, -0.1) is 0 Å². The van der Waals surface area contributed by atoms with Gasteiger partial charge in [0.15, 0.2) is 0 Å². The molecule has 112 valence electrons. The van der Waals surface area contributed by atoms with Crippen molar-refractivity contribution in [3.05, 3.63) is 58.6 Å². The normalized spacial score (nSPS) is 13.7. The fraction of sp³-hybridized carbons (Fsp3) is 0.176. The first kappa shape index (κ1) is 14.8. The van der Waals surface area contributed by atoms with Gasteiger partial charge in [0.05, 0.1) is 16.8 Å². The van der Waals surface area contributed by atoms with E-state index in [1.54, 1.807) is 17.8 Å². The molecule has 4 nitrogen and oxygen atoms in total. The number of thioether (sulfide) groups is 1. The first-order valence-corrected chi connectivity index (χ1v) is 8.26. The van der Waals surface area contributed by atoms with Crippen molar-refractivity contribution in [3.8, 4) is 5.75 Å². The number of benzene rings is 2. The Labute approximate surface area is 133 Å². The number of fused-ring (bicyclic) bond motifs is 1. The largest absolute Gasteiger partial charge is 0.507 e. The predicted octanol–water partition coefficient (Wildman–Crippen LogP) is 1.58. The highest BCUT2D eigenvalue weighted by Gasteiger charge is 2.09. The molecule has 1 aliphatic rings. The fourth-order valence-electron chi connectivity index (χ4n) is 2.26. The molecule has 1 heterocycles. The lowest BCUT2D eigenvalue weighted by Gasteiger charge is -1.97. The summed E-state index contributed by atoms with van der Waals surface area (Å²) in [5.41, 5.74) is 7.16. The zero-order valence-corrected chi connectivity index (χ0v) is 12.9. The fourth-order valence-corrected chi connectivity index (χ4v) is 2.88. The van der Waals surface area contributed by atoms with Crippen LogP contribution >= 0.6 is 11.8 Å². The summed E-state index contributed by atoms with van der Waals surface area (Å²) in [5.74, 6) is 2.76. The summed E-state index contributed by atoms with van der Waals surface area (Å²) in [5, 5.41) is 11.7. The Morgan fingerprint density at radius 3 is 2.77 bits per heavy atom. The molecule has 0 saturated heterocycles. The number of phenolic OH excluding ortho intramolecular Hbond substituents is 1. The van der Waals surface area contributed by atoms with Gasteiger partial charge in [0.25, 0.3) is 0 Å². The maximum absolute atomic E-state index is 9.91. The van der Waals surface area contributed by atoms with Crippen LogP contribution in [0.4, 0.5) is 5.69 Å². The minimum Gasteiger partial charge on any atom is -0.507 e. The molecule has 2 aromatic carbocycles. The van der Waals surface area contributed by atoms with Gasteiger partial charge >= 0.3 is 0 Å². The Bertz CT molecular complexity index is 830. The minimum absolute atomic E-state index is 0.262. The van der Waals surface area contributed by atoms with Crippen molar-refractivity contribution in [2.75, 3.05) is 18.1 Å². The van der Waals surface area contributed by atoms with Gasteiger partial charge < -0.3 is 10.8 Å². The zero-order valence-electron chi connectivity index (χ0n) is 12.1. The molecule has 0 unspecified atom stereocenters. The van der Waals surface area contributed by atoms with Gasteiger partial charge in [-0.05, 0) is 18.2 Å². The summed E-state index contributed by atoms with van der Waals surface area (Å²) in [4.78, 5) is 9.18. The highest BCUT2D eigenvalue weighted by molar-refractivity contribution is 7.99. The Balaban J connectivity index is 1.97. The van der Waals surface area contributed by atoms with Gasteiger partial charge in [-0.2, -0.15) is 11.8 Å². The van der Waals surface area contributed by atoms with Crippen LogP contribution in [-0.2, 0) is 0 Å². The van der Waals surface area contributed by atoms with Crippen LogP contribution in [0.3, 0.4) is 0 Å². The van der Waals surface area contributed by atoms with Gasteiger partial charge in [-0.1, -0.05) is 30.3 Å². The van der Waals surface area contributed by atoms with E-state index in [4.69, 9.17) is 5.73 Å². The van der Waals surface area contributed by atoms with Crippen molar-refractivity contribution in [2.24, 2.45) is 15.7 Å². The molecule has 0 fully saturated rings. The highest BCUT2D eigenvalue weighted by atomic mass is 32.2. The molecule has 0 aliphatic carbocycles. The number of nitrogens with two attached hydrogens (primary N) is 1. The van der Waals surface area contributed by atoms with Gasteiger partial charge in [-0.3, -0.25) is 0 Å². The second-order valence-electron chi connectivity index (χ2n) is 4.90. The molecule has 0 radical (unpaired) electrons. The number of para-hydroxylation sites is 2. The number of phenols is 1. The number of rotatable bonds is 5. The third-order valence-corrected chi connectivity index (χ3v) is 4.26. The lowest BCUT2D eigenvalue weighted by atomic mass is 10.1. The SMILES string of the molecule is NCCSCC1=Nc2cccc(=Cc3ccccc3O)c2=N1. The van der Waals surface area contributed by atoms with E-state index in [1.807, 2.05) is 42.5 Å². The number of nitrogens with zero attached hydrogens (tertiary/aromatic N) is 2. The van der Waals surface area contributed by atoms with E-state index in [-0.39, 0.29) is 5.75 Å². The van der Waals surface area contributed by atoms with Crippen molar-refractivity contribution in [2.45, 2.75) is 0 Å². The average Bonchev–Trinajstić information content (AvgIpc) is 2.94. The molecule has 0 atom stereocenters. The number of amidine groups is 1. The van der Waals surface area contributed by atoms with Gasteiger partial charge in [0.1, 0.15) is 11.6 Å². The van der Waals surface area contributed by atoms with E-state index in [0.717, 1.165) is 39.2 Å². The van der Waals surface area contributed by atoms with Gasteiger partial charge in [-0.25, -0.2) is 9.98 Å². The standard InChI is InChI=1S/C17H17N3OS/c18-8-9-22-11-16-19-14-6-3-5-13(17(14)20-16)10-12-4-1-2-7-15(12)21/h1-7,10,21H,8-9,11,18H2. The zero-order chi connectivity index (χ0) is 15.4. The van der Waals surface area contributed by atoms with Gasteiger partial charge in [0.2, 0.25) is 0 Å². The molecule has 3 N–H and O–H groups in total. The Morgan fingerprint density at radius 2 is 1.95 bits per heavy atom. The topological polar surface area (TPSA) is 71.0 Å². The van der Waals surface area contributed by atoms with Crippen molar-refractivity contribution in [1.82, 2.24) is 0 Å². The predicted molar refractivity (Wildman–Crippen MR) is 92.4 cm³/mol. The molecule has 3 rings (SSSR count). The highest BCUT2D eigenvalue weighted by Crippen LogP contribution is 2.16. The lowest BCUT2D eigenvalue weighted by Crippen LogP contribution is -2.24. The molecule has 22 heavy (non-hydrogen) atoms. The number of hydrogen-bond acceptors (Lipinski definition) is 5. The molecular weight excluding hydrogens is 294 g/mol. The summed E-state index contributed by atoms with van der Waals surface area (Å²) in [6, 6.07) is 13.2. The van der Waals surface area contributed by atoms with Crippen LogP contribution in [0.25, 0.3) is 6.08 Å². The Hall–Kier alpha value is -2.11. The number of aliphatic imine (C=N–C) groups is 1. The smallest absolute Gasteiger partial charge is 0.139 e. The first-order chi connectivity index (χ1) is 10.8.